The molecule has 0 rings (SSSR count). The average molecular weight is 162 g/mol. The first-order chi connectivity index (χ1) is 4.81. The van der Waals surface area contributed by atoms with Crippen molar-refractivity contribution in [1.29, 1.82) is 0 Å². The van der Waals surface area contributed by atoms with Crippen molar-refractivity contribution in [3.63, 3.8) is 0 Å². The Hall–Kier alpha value is -0.220. The summed E-state index contributed by atoms with van der Waals surface area (Å²) in [5.74, 6) is 0.840. The smallest absolute Gasteiger partial charge is 0.221 e. The van der Waals surface area contributed by atoms with Crippen LogP contribution in [0, 0.1) is 0 Å². The van der Waals surface area contributed by atoms with E-state index in [1.165, 1.54) is 0 Å². The van der Waals surface area contributed by atoms with Crippen LogP contribution < -0.4 is 11.1 Å². The monoisotopic (exact) mass is 162 g/mol. The summed E-state index contributed by atoms with van der Waals surface area (Å²) < 4.78 is 0. The van der Waals surface area contributed by atoms with Gasteiger partial charge in [-0.05, 0) is 12.2 Å². The van der Waals surface area contributed by atoms with E-state index >= 15 is 0 Å². The zero-order chi connectivity index (χ0) is 7.82. The molecule has 0 aliphatic rings. The maximum absolute atomic E-state index is 10.7. The van der Waals surface area contributed by atoms with E-state index in [0.717, 1.165) is 12.2 Å². The van der Waals surface area contributed by atoms with E-state index in [-0.39, 0.29) is 5.91 Å². The maximum Gasteiger partial charge on any atom is 0.221 e. The minimum Gasteiger partial charge on any atom is -0.356 e. The topological polar surface area (TPSA) is 55.1 Å². The van der Waals surface area contributed by atoms with E-state index in [2.05, 4.69) is 17.9 Å². The fourth-order valence-corrected chi connectivity index (χ4v) is 0.684. The number of carbonyl (C=O) groups excluding carboxylic acids is 1. The van der Waals surface area contributed by atoms with Gasteiger partial charge in [0, 0.05) is 19.5 Å². The molecule has 0 saturated carbocycles. The van der Waals surface area contributed by atoms with Crippen LogP contribution in [-0.4, -0.2) is 24.7 Å². The lowest BCUT2D eigenvalue weighted by atomic mass is 10.4. The highest BCUT2D eigenvalue weighted by molar-refractivity contribution is 7.80. The van der Waals surface area contributed by atoms with E-state index in [4.69, 9.17) is 5.73 Å². The Balaban J connectivity index is 3.05. The summed E-state index contributed by atoms with van der Waals surface area (Å²) in [5, 5.41) is 2.72. The highest BCUT2D eigenvalue weighted by Gasteiger charge is 1.95. The maximum atomic E-state index is 10.7. The second kappa shape index (κ2) is 6.89. The molecule has 3 N–H and O–H groups in total. The number of nitrogens with one attached hydrogen (secondary N) is 1. The average Bonchev–Trinajstić information content (AvgIpc) is 1.89. The highest BCUT2D eigenvalue weighted by Crippen LogP contribution is 1.81. The van der Waals surface area contributed by atoms with Gasteiger partial charge in [0.15, 0.2) is 0 Å². The zero-order valence-corrected chi connectivity index (χ0v) is 6.86. The summed E-state index contributed by atoms with van der Waals surface area (Å²) in [6.07, 6.45) is 1.34. The summed E-state index contributed by atoms with van der Waals surface area (Å²) in [6, 6.07) is 0. The molecule has 0 aliphatic heterocycles. The molecule has 0 atom stereocenters. The minimum atomic E-state index is 0.0317. The Bertz CT molecular complexity index is 97.7. The van der Waals surface area contributed by atoms with Gasteiger partial charge in [0.25, 0.3) is 0 Å². The molecule has 3 nitrogen and oxygen atoms in total. The molecule has 0 unspecified atom stereocenters. The molecule has 60 valence electrons. The van der Waals surface area contributed by atoms with Gasteiger partial charge >= 0.3 is 0 Å². The molecule has 0 aromatic carbocycles. The van der Waals surface area contributed by atoms with Crippen LogP contribution in [-0.2, 0) is 4.79 Å². The van der Waals surface area contributed by atoms with Gasteiger partial charge in [-0.3, -0.25) is 4.79 Å². The summed E-state index contributed by atoms with van der Waals surface area (Å²) in [5.41, 5.74) is 5.16. The number of amides is 1. The summed E-state index contributed by atoms with van der Waals surface area (Å²) in [4.78, 5) is 10.7. The third kappa shape index (κ3) is 5.91. The predicted molar refractivity (Wildman–Crippen MR) is 45.2 cm³/mol. The largest absolute Gasteiger partial charge is 0.356 e. The van der Waals surface area contributed by atoms with Crippen molar-refractivity contribution in [2.45, 2.75) is 12.8 Å². The number of thiol groups is 1. The van der Waals surface area contributed by atoms with Crippen LogP contribution in [0.4, 0.5) is 0 Å². The number of hydrogen-bond donors (Lipinski definition) is 3. The van der Waals surface area contributed by atoms with Crippen LogP contribution in [0.5, 0.6) is 0 Å². The third-order valence-electron chi connectivity index (χ3n) is 1.03. The normalized spacial score (nSPS) is 9.40. The number of nitrogens with two attached hydrogens (primary N) is 1. The first-order valence-electron chi connectivity index (χ1n) is 3.39. The molecule has 0 heterocycles. The predicted octanol–water partition coefficient (Wildman–Crippen LogP) is -0.229. The van der Waals surface area contributed by atoms with Crippen molar-refractivity contribution < 1.29 is 4.79 Å². The summed E-state index contributed by atoms with van der Waals surface area (Å²) in [6.45, 7) is 1.13. The van der Waals surface area contributed by atoms with Crippen LogP contribution in [0.15, 0.2) is 0 Å². The fourth-order valence-electron chi connectivity index (χ4n) is 0.526. The summed E-state index contributed by atoms with van der Waals surface area (Å²) in [7, 11) is 0. The Morgan fingerprint density at radius 3 is 2.80 bits per heavy atom. The van der Waals surface area contributed by atoms with Crippen molar-refractivity contribution in [2.24, 2.45) is 5.73 Å². The molecule has 0 aromatic rings. The Morgan fingerprint density at radius 1 is 1.60 bits per heavy atom. The van der Waals surface area contributed by atoms with Crippen LogP contribution >= 0.6 is 12.6 Å². The number of hydrogen-bond acceptors (Lipinski definition) is 3. The molecule has 0 fully saturated rings. The zero-order valence-electron chi connectivity index (χ0n) is 5.97. The lowest BCUT2D eigenvalue weighted by Gasteiger charge is -2.00. The van der Waals surface area contributed by atoms with Crippen molar-refractivity contribution in [3.05, 3.63) is 0 Å². The molecule has 0 aliphatic carbocycles. The third-order valence-corrected chi connectivity index (χ3v) is 1.34. The van der Waals surface area contributed by atoms with Gasteiger partial charge in [-0.25, -0.2) is 0 Å². The van der Waals surface area contributed by atoms with Gasteiger partial charge < -0.3 is 11.1 Å². The molecular weight excluding hydrogens is 148 g/mol. The van der Waals surface area contributed by atoms with Gasteiger partial charge in [-0.15, -0.1) is 0 Å². The highest BCUT2D eigenvalue weighted by atomic mass is 32.1. The fraction of sp³-hybridized carbons (Fsp3) is 0.833. The molecular formula is C6H14N2OS. The Labute approximate surface area is 66.8 Å². The SMILES string of the molecule is NCCC(=O)NCCCS. The van der Waals surface area contributed by atoms with Crippen LogP contribution in [0.2, 0.25) is 0 Å². The van der Waals surface area contributed by atoms with E-state index < -0.39 is 0 Å². The van der Waals surface area contributed by atoms with Crippen molar-refractivity contribution in [1.82, 2.24) is 5.32 Å². The van der Waals surface area contributed by atoms with E-state index in [1.807, 2.05) is 0 Å². The van der Waals surface area contributed by atoms with E-state index in [0.29, 0.717) is 19.5 Å². The Kier molecular flexibility index (Phi) is 6.74. The molecule has 0 radical (unpaired) electrons. The first kappa shape index (κ1) is 9.78. The molecule has 0 saturated heterocycles. The van der Waals surface area contributed by atoms with Crippen molar-refractivity contribution >= 4 is 18.5 Å². The molecule has 0 bridgehead atoms. The molecule has 0 spiro atoms. The lowest BCUT2D eigenvalue weighted by molar-refractivity contribution is -0.120. The van der Waals surface area contributed by atoms with E-state index in [1.54, 1.807) is 0 Å². The second-order valence-corrected chi connectivity index (χ2v) is 2.41. The van der Waals surface area contributed by atoms with Crippen molar-refractivity contribution in [2.75, 3.05) is 18.8 Å². The van der Waals surface area contributed by atoms with Gasteiger partial charge in [-0.1, -0.05) is 0 Å². The quantitative estimate of drug-likeness (QED) is 0.386. The number of carbonyl (C=O) groups is 1. The summed E-state index contributed by atoms with van der Waals surface area (Å²) >= 11 is 4.00. The first-order valence-corrected chi connectivity index (χ1v) is 4.02. The van der Waals surface area contributed by atoms with Gasteiger partial charge in [0.2, 0.25) is 5.91 Å². The van der Waals surface area contributed by atoms with Gasteiger partial charge in [0.1, 0.15) is 0 Å². The minimum absolute atomic E-state index is 0.0317. The van der Waals surface area contributed by atoms with Gasteiger partial charge in [-0.2, -0.15) is 12.6 Å². The van der Waals surface area contributed by atoms with Gasteiger partial charge in [0.05, 0.1) is 0 Å². The Morgan fingerprint density at radius 2 is 2.30 bits per heavy atom. The van der Waals surface area contributed by atoms with Crippen LogP contribution in [0.25, 0.3) is 0 Å². The van der Waals surface area contributed by atoms with E-state index in [9.17, 15) is 4.79 Å². The molecule has 10 heavy (non-hydrogen) atoms. The molecule has 0 aromatic heterocycles. The van der Waals surface area contributed by atoms with Crippen LogP contribution in [0.1, 0.15) is 12.8 Å². The molecule has 1 amide bonds. The van der Waals surface area contributed by atoms with Crippen LogP contribution in [0.3, 0.4) is 0 Å². The lowest BCUT2D eigenvalue weighted by Crippen LogP contribution is -2.26. The molecule has 4 heteroatoms. The van der Waals surface area contributed by atoms with Crippen molar-refractivity contribution in [3.8, 4) is 0 Å². The standard InChI is InChI=1S/C6H14N2OS/c7-3-2-6(9)8-4-1-5-10/h10H,1-5,7H2,(H,8,9). The second-order valence-electron chi connectivity index (χ2n) is 1.97. The number of rotatable bonds is 5.